The second kappa shape index (κ2) is 6.52. The molecule has 0 aliphatic carbocycles. The van der Waals surface area contributed by atoms with Gasteiger partial charge < -0.3 is 11.1 Å². The second-order valence-corrected chi connectivity index (χ2v) is 5.56. The standard InChI is InChI=1S/C16H16F2N6O/c1-10-14(15(25)21-9-16(17,18)8-19)22-23-24(10)12-4-5-13-11(7-12)3-2-6-20-13/h2-7H,8-9,19H2,1H3,(H,21,25). The second-order valence-electron chi connectivity index (χ2n) is 5.56. The number of rotatable bonds is 5. The van der Waals surface area contributed by atoms with E-state index in [0.29, 0.717) is 11.4 Å². The molecular formula is C16H16F2N6O. The Labute approximate surface area is 141 Å². The molecule has 0 aliphatic rings. The number of nitrogens with two attached hydrogens (primary N) is 1. The van der Waals surface area contributed by atoms with Gasteiger partial charge in [0.25, 0.3) is 11.8 Å². The Hall–Kier alpha value is -2.94. The molecule has 2 heterocycles. The summed E-state index contributed by atoms with van der Waals surface area (Å²) in [6.07, 6.45) is 1.70. The Morgan fingerprint density at radius 3 is 2.92 bits per heavy atom. The first-order valence-electron chi connectivity index (χ1n) is 7.55. The van der Waals surface area contributed by atoms with Gasteiger partial charge in [-0.1, -0.05) is 11.3 Å². The zero-order valence-electron chi connectivity index (χ0n) is 13.4. The minimum atomic E-state index is -3.16. The van der Waals surface area contributed by atoms with Crippen molar-refractivity contribution in [3.05, 3.63) is 47.9 Å². The summed E-state index contributed by atoms with van der Waals surface area (Å²) in [5, 5.41) is 10.8. The first-order valence-corrected chi connectivity index (χ1v) is 7.55. The quantitative estimate of drug-likeness (QED) is 0.728. The first-order chi connectivity index (χ1) is 11.9. The molecule has 0 aliphatic heterocycles. The van der Waals surface area contributed by atoms with Crippen molar-refractivity contribution in [1.82, 2.24) is 25.3 Å². The lowest BCUT2D eigenvalue weighted by Crippen LogP contribution is -2.41. The molecule has 0 fully saturated rings. The molecule has 0 saturated heterocycles. The third kappa shape index (κ3) is 3.45. The van der Waals surface area contributed by atoms with E-state index in [-0.39, 0.29) is 5.69 Å². The van der Waals surface area contributed by atoms with Gasteiger partial charge in [-0.05, 0) is 31.2 Å². The van der Waals surface area contributed by atoms with E-state index in [1.165, 1.54) is 4.68 Å². The van der Waals surface area contributed by atoms with Gasteiger partial charge in [0, 0.05) is 11.6 Å². The number of hydrogen-bond donors (Lipinski definition) is 2. The van der Waals surface area contributed by atoms with Gasteiger partial charge in [0.1, 0.15) is 0 Å². The fourth-order valence-electron chi connectivity index (χ4n) is 2.34. The lowest BCUT2D eigenvalue weighted by atomic mass is 10.2. The van der Waals surface area contributed by atoms with Crippen LogP contribution in [0.2, 0.25) is 0 Å². The maximum atomic E-state index is 13.2. The molecular weight excluding hydrogens is 330 g/mol. The number of hydrogen-bond acceptors (Lipinski definition) is 5. The normalized spacial score (nSPS) is 11.7. The Balaban J connectivity index is 1.86. The summed E-state index contributed by atoms with van der Waals surface area (Å²) in [5.74, 6) is -3.88. The Kier molecular flexibility index (Phi) is 4.41. The molecule has 3 N–H and O–H groups in total. The molecule has 130 valence electrons. The van der Waals surface area contributed by atoms with Crippen molar-refractivity contribution in [1.29, 1.82) is 0 Å². The first kappa shape index (κ1) is 16.9. The molecule has 0 atom stereocenters. The van der Waals surface area contributed by atoms with E-state index in [2.05, 4.69) is 20.6 Å². The summed E-state index contributed by atoms with van der Waals surface area (Å²) in [6.45, 7) is -0.0518. The minimum Gasteiger partial charge on any atom is -0.344 e. The highest BCUT2D eigenvalue weighted by Gasteiger charge is 2.28. The predicted octanol–water partition coefficient (Wildman–Crippen LogP) is 1.45. The van der Waals surface area contributed by atoms with Crippen LogP contribution < -0.4 is 11.1 Å². The lowest BCUT2D eigenvalue weighted by Gasteiger charge is -2.13. The SMILES string of the molecule is Cc1c(C(=O)NCC(F)(F)CN)nnn1-c1ccc2ncccc2c1. The largest absolute Gasteiger partial charge is 0.344 e. The number of benzene rings is 1. The zero-order chi connectivity index (χ0) is 18.0. The van der Waals surface area contributed by atoms with Crippen LogP contribution in [0.5, 0.6) is 0 Å². The van der Waals surface area contributed by atoms with E-state index in [0.717, 1.165) is 10.9 Å². The number of fused-ring (bicyclic) bond motifs is 1. The Bertz CT molecular complexity index is 924. The third-order valence-electron chi connectivity index (χ3n) is 3.75. The summed E-state index contributed by atoms with van der Waals surface area (Å²) in [7, 11) is 0. The fourth-order valence-corrected chi connectivity index (χ4v) is 2.34. The van der Waals surface area contributed by atoms with Crippen LogP contribution in [0.3, 0.4) is 0 Å². The molecule has 0 saturated carbocycles. The van der Waals surface area contributed by atoms with Crippen LogP contribution in [0.1, 0.15) is 16.2 Å². The van der Waals surface area contributed by atoms with Crippen LogP contribution in [0, 0.1) is 6.92 Å². The molecule has 0 unspecified atom stereocenters. The van der Waals surface area contributed by atoms with E-state index >= 15 is 0 Å². The summed E-state index contributed by atoms with van der Waals surface area (Å²) in [5.41, 5.74) is 6.89. The third-order valence-corrected chi connectivity index (χ3v) is 3.75. The van der Waals surface area contributed by atoms with Gasteiger partial charge >= 0.3 is 0 Å². The Morgan fingerprint density at radius 2 is 2.16 bits per heavy atom. The average Bonchev–Trinajstić information content (AvgIpc) is 3.01. The van der Waals surface area contributed by atoms with Crippen LogP contribution in [0.25, 0.3) is 16.6 Å². The van der Waals surface area contributed by atoms with E-state index in [1.54, 1.807) is 19.2 Å². The van der Waals surface area contributed by atoms with E-state index in [9.17, 15) is 13.6 Å². The highest BCUT2D eigenvalue weighted by molar-refractivity contribution is 5.93. The molecule has 7 nitrogen and oxygen atoms in total. The highest BCUT2D eigenvalue weighted by Crippen LogP contribution is 2.18. The van der Waals surface area contributed by atoms with Crippen LogP contribution in [0.4, 0.5) is 8.78 Å². The van der Waals surface area contributed by atoms with Crippen LogP contribution in [-0.4, -0.2) is 44.9 Å². The summed E-state index contributed by atoms with van der Waals surface area (Å²) in [6, 6.07) is 9.19. The van der Waals surface area contributed by atoms with E-state index in [4.69, 9.17) is 5.73 Å². The van der Waals surface area contributed by atoms with Gasteiger partial charge in [-0.3, -0.25) is 9.78 Å². The topological polar surface area (TPSA) is 98.7 Å². The molecule has 3 aromatic rings. The van der Waals surface area contributed by atoms with Crippen molar-refractivity contribution < 1.29 is 13.6 Å². The smallest absolute Gasteiger partial charge is 0.277 e. The van der Waals surface area contributed by atoms with Crippen molar-refractivity contribution in [3.8, 4) is 5.69 Å². The molecule has 0 spiro atoms. The molecule has 3 rings (SSSR count). The highest BCUT2D eigenvalue weighted by atomic mass is 19.3. The maximum Gasteiger partial charge on any atom is 0.277 e. The molecule has 0 radical (unpaired) electrons. The van der Waals surface area contributed by atoms with Gasteiger partial charge in [-0.15, -0.1) is 5.10 Å². The van der Waals surface area contributed by atoms with Crippen molar-refractivity contribution in [2.24, 2.45) is 5.73 Å². The van der Waals surface area contributed by atoms with Crippen molar-refractivity contribution in [3.63, 3.8) is 0 Å². The summed E-state index contributed by atoms with van der Waals surface area (Å²) in [4.78, 5) is 16.3. The number of amides is 1. The van der Waals surface area contributed by atoms with Gasteiger partial charge in [0.05, 0.1) is 30.0 Å². The number of carbonyl (C=O) groups is 1. The monoisotopic (exact) mass is 346 g/mol. The number of carbonyl (C=O) groups excluding carboxylic acids is 1. The molecule has 0 bridgehead atoms. The minimum absolute atomic E-state index is 0.0147. The van der Waals surface area contributed by atoms with Crippen molar-refractivity contribution >= 4 is 16.8 Å². The molecule has 2 aromatic heterocycles. The summed E-state index contributed by atoms with van der Waals surface area (Å²) < 4.78 is 27.8. The molecule has 1 aromatic carbocycles. The van der Waals surface area contributed by atoms with Gasteiger partial charge in [0.15, 0.2) is 5.69 Å². The maximum absolute atomic E-state index is 13.2. The molecule has 1 amide bonds. The number of aromatic nitrogens is 4. The summed E-state index contributed by atoms with van der Waals surface area (Å²) >= 11 is 0. The van der Waals surface area contributed by atoms with Crippen molar-refractivity contribution in [2.45, 2.75) is 12.8 Å². The van der Waals surface area contributed by atoms with Crippen LogP contribution in [0.15, 0.2) is 36.5 Å². The molecule has 25 heavy (non-hydrogen) atoms. The van der Waals surface area contributed by atoms with Gasteiger partial charge in [-0.2, -0.15) is 0 Å². The molecule has 9 heteroatoms. The van der Waals surface area contributed by atoms with E-state index in [1.807, 2.05) is 24.3 Å². The Morgan fingerprint density at radius 1 is 1.36 bits per heavy atom. The van der Waals surface area contributed by atoms with Crippen LogP contribution in [-0.2, 0) is 0 Å². The number of halogens is 2. The fraction of sp³-hybridized carbons (Fsp3) is 0.250. The van der Waals surface area contributed by atoms with E-state index < -0.39 is 24.9 Å². The number of alkyl halides is 2. The number of pyridine rings is 1. The average molecular weight is 346 g/mol. The predicted molar refractivity (Wildman–Crippen MR) is 87.7 cm³/mol. The van der Waals surface area contributed by atoms with Crippen molar-refractivity contribution in [2.75, 3.05) is 13.1 Å². The van der Waals surface area contributed by atoms with Crippen LogP contribution >= 0.6 is 0 Å². The van der Waals surface area contributed by atoms with Gasteiger partial charge in [0.2, 0.25) is 0 Å². The number of nitrogens with one attached hydrogen (secondary N) is 1. The number of nitrogens with zero attached hydrogens (tertiary/aromatic N) is 4. The zero-order valence-corrected chi connectivity index (χ0v) is 13.4. The lowest BCUT2D eigenvalue weighted by molar-refractivity contribution is 0.0118. The van der Waals surface area contributed by atoms with Gasteiger partial charge in [-0.25, -0.2) is 13.5 Å².